The molecule has 0 radical (unpaired) electrons. The number of amides is 3. The summed E-state index contributed by atoms with van der Waals surface area (Å²) in [6.07, 6.45) is 0.307. The van der Waals surface area contributed by atoms with Crippen molar-refractivity contribution in [2.75, 3.05) is 5.32 Å². The summed E-state index contributed by atoms with van der Waals surface area (Å²) < 4.78 is 0. The first-order valence-corrected chi connectivity index (χ1v) is 6.99. The van der Waals surface area contributed by atoms with Gasteiger partial charge in [-0.2, -0.15) is 5.26 Å². The van der Waals surface area contributed by atoms with Gasteiger partial charge in [0.05, 0.1) is 11.6 Å². The van der Waals surface area contributed by atoms with Gasteiger partial charge in [-0.3, -0.25) is 4.79 Å². The lowest BCUT2D eigenvalue weighted by Gasteiger charge is -2.16. The number of anilines is 1. The largest absolute Gasteiger partial charge is 0.368 e. The van der Waals surface area contributed by atoms with E-state index in [0.29, 0.717) is 17.7 Å². The van der Waals surface area contributed by atoms with E-state index in [1.807, 2.05) is 36.4 Å². The second-order valence-electron chi connectivity index (χ2n) is 4.94. The number of nitrogens with one attached hydrogen (secondary N) is 2. The third-order valence-electron chi connectivity index (χ3n) is 3.18. The molecule has 116 valence electrons. The van der Waals surface area contributed by atoms with Gasteiger partial charge < -0.3 is 16.4 Å². The van der Waals surface area contributed by atoms with Crippen LogP contribution >= 0.6 is 0 Å². The molecular formula is C17H16N4O2. The number of benzene rings is 2. The van der Waals surface area contributed by atoms with Crippen molar-refractivity contribution in [3.05, 3.63) is 65.7 Å². The molecule has 2 aromatic carbocycles. The monoisotopic (exact) mass is 308 g/mol. The Balaban J connectivity index is 2.00. The highest BCUT2D eigenvalue weighted by molar-refractivity contribution is 5.93. The Morgan fingerprint density at radius 3 is 2.52 bits per heavy atom. The van der Waals surface area contributed by atoms with Crippen molar-refractivity contribution in [1.82, 2.24) is 5.32 Å². The molecule has 2 aromatic rings. The summed E-state index contributed by atoms with van der Waals surface area (Å²) in [5.41, 5.74) is 7.13. The fourth-order valence-electron chi connectivity index (χ4n) is 2.06. The van der Waals surface area contributed by atoms with E-state index in [4.69, 9.17) is 11.0 Å². The summed E-state index contributed by atoms with van der Waals surface area (Å²) in [5, 5.41) is 14.0. The standard InChI is InChI=1S/C17H16N4O2/c18-11-13-7-4-8-14(9-13)20-17(23)21-15(16(19)22)10-12-5-2-1-3-6-12/h1-9,15H,10H2,(H2,19,22)(H2,20,21,23). The molecule has 23 heavy (non-hydrogen) atoms. The van der Waals surface area contributed by atoms with Crippen LogP contribution in [0.25, 0.3) is 0 Å². The molecule has 4 N–H and O–H groups in total. The minimum Gasteiger partial charge on any atom is -0.368 e. The summed E-state index contributed by atoms with van der Waals surface area (Å²) in [6.45, 7) is 0. The molecular weight excluding hydrogens is 292 g/mol. The van der Waals surface area contributed by atoms with Crippen LogP contribution in [0.2, 0.25) is 0 Å². The highest BCUT2D eigenvalue weighted by Crippen LogP contribution is 2.10. The normalized spacial score (nSPS) is 11.1. The third kappa shape index (κ3) is 4.86. The van der Waals surface area contributed by atoms with Crippen LogP contribution in [0.1, 0.15) is 11.1 Å². The number of nitrogens with zero attached hydrogens (tertiary/aromatic N) is 1. The Labute approximate surface area is 133 Å². The number of nitriles is 1. The predicted molar refractivity (Wildman–Crippen MR) is 86.4 cm³/mol. The lowest BCUT2D eigenvalue weighted by atomic mass is 10.1. The van der Waals surface area contributed by atoms with Crippen molar-refractivity contribution in [2.24, 2.45) is 5.73 Å². The van der Waals surface area contributed by atoms with E-state index in [-0.39, 0.29) is 0 Å². The molecule has 6 heteroatoms. The van der Waals surface area contributed by atoms with Crippen molar-refractivity contribution < 1.29 is 9.59 Å². The molecule has 0 saturated heterocycles. The van der Waals surface area contributed by atoms with Crippen LogP contribution in [0.15, 0.2) is 54.6 Å². The molecule has 0 saturated carbocycles. The summed E-state index contributed by atoms with van der Waals surface area (Å²) in [6, 6.07) is 16.4. The van der Waals surface area contributed by atoms with Gasteiger partial charge in [0.2, 0.25) is 5.91 Å². The van der Waals surface area contributed by atoms with Crippen LogP contribution < -0.4 is 16.4 Å². The van der Waals surface area contributed by atoms with Gasteiger partial charge in [0.25, 0.3) is 0 Å². The minimum absolute atomic E-state index is 0.307. The SMILES string of the molecule is N#Cc1cccc(NC(=O)NC(Cc2ccccc2)C(N)=O)c1. The second kappa shape index (κ2) is 7.61. The zero-order valence-electron chi connectivity index (χ0n) is 12.3. The van der Waals surface area contributed by atoms with E-state index in [2.05, 4.69) is 10.6 Å². The fraction of sp³-hybridized carbons (Fsp3) is 0.118. The molecule has 1 unspecified atom stereocenters. The number of hydrogen-bond acceptors (Lipinski definition) is 3. The lowest BCUT2D eigenvalue weighted by Crippen LogP contribution is -2.47. The van der Waals surface area contributed by atoms with Crippen LogP contribution in [-0.2, 0) is 11.2 Å². The van der Waals surface area contributed by atoms with Crippen molar-refractivity contribution in [3.63, 3.8) is 0 Å². The van der Waals surface area contributed by atoms with E-state index < -0.39 is 18.0 Å². The van der Waals surface area contributed by atoms with Crippen LogP contribution in [0, 0.1) is 11.3 Å². The molecule has 0 aliphatic heterocycles. The number of hydrogen-bond donors (Lipinski definition) is 3. The maximum atomic E-state index is 12.0. The van der Waals surface area contributed by atoms with Crippen molar-refractivity contribution >= 4 is 17.6 Å². The Bertz CT molecular complexity index is 738. The zero-order chi connectivity index (χ0) is 16.7. The van der Waals surface area contributed by atoms with E-state index in [9.17, 15) is 9.59 Å². The Kier molecular flexibility index (Phi) is 5.31. The summed E-state index contributed by atoms with van der Waals surface area (Å²) in [5.74, 6) is -0.616. The van der Waals surface area contributed by atoms with Crippen LogP contribution in [-0.4, -0.2) is 18.0 Å². The molecule has 0 aromatic heterocycles. The number of rotatable bonds is 5. The molecule has 0 fully saturated rings. The van der Waals surface area contributed by atoms with Gasteiger partial charge in [0, 0.05) is 12.1 Å². The van der Waals surface area contributed by atoms with Crippen LogP contribution in [0.5, 0.6) is 0 Å². The molecule has 6 nitrogen and oxygen atoms in total. The molecule has 0 bridgehead atoms. The van der Waals surface area contributed by atoms with Gasteiger partial charge in [-0.05, 0) is 23.8 Å². The van der Waals surface area contributed by atoms with Gasteiger partial charge in [-0.1, -0.05) is 36.4 Å². The predicted octanol–water partition coefficient (Wildman–Crippen LogP) is 1.78. The highest BCUT2D eigenvalue weighted by atomic mass is 16.2. The smallest absolute Gasteiger partial charge is 0.319 e. The van der Waals surface area contributed by atoms with Gasteiger partial charge in [-0.15, -0.1) is 0 Å². The molecule has 0 spiro atoms. The fourth-order valence-corrected chi connectivity index (χ4v) is 2.06. The summed E-state index contributed by atoms with van der Waals surface area (Å²) >= 11 is 0. The molecule has 0 aliphatic rings. The van der Waals surface area contributed by atoms with Gasteiger partial charge in [0.1, 0.15) is 6.04 Å². The van der Waals surface area contributed by atoms with Gasteiger partial charge >= 0.3 is 6.03 Å². The Morgan fingerprint density at radius 2 is 1.87 bits per heavy atom. The maximum Gasteiger partial charge on any atom is 0.319 e. The zero-order valence-corrected chi connectivity index (χ0v) is 12.3. The molecule has 3 amide bonds. The van der Waals surface area contributed by atoms with Crippen LogP contribution in [0.3, 0.4) is 0 Å². The van der Waals surface area contributed by atoms with E-state index in [1.54, 1.807) is 18.2 Å². The number of carbonyl (C=O) groups excluding carboxylic acids is 2. The average Bonchev–Trinajstić information content (AvgIpc) is 2.55. The Morgan fingerprint density at radius 1 is 1.13 bits per heavy atom. The first-order valence-electron chi connectivity index (χ1n) is 6.99. The molecule has 1 atom stereocenters. The summed E-state index contributed by atoms with van der Waals surface area (Å²) in [4.78, 5) is 23.5. The Hall–Kier alpha value is -3.33. The quantitative estimate of drug-likeness (QED) is 0.783. The first kappa shape index (κ1) is 16.0. The van der Waals surface area contributed by atoms with E-state index in [0.717, 1.165) is 5.56 Å². The van der Waals surface area contributed by atoms with Gasteiger partial charge in [-0.25, -0.2) is 4.79 Å². The van der Waals surface area contributed by atoms with Crippen LogP contribution in [0.4, 0.5) is 10.5 Å². The number of urea groups is 1. The van der Waals surface area contributed by atoms with E-state index in [1.165, 1.54) is 6.07 Å². The van der Waals surface area contributed by atoms with E-state index >= 15 is 0 Å². The number of primary amides is 1. The second-order valence-corrected chi connectivity index (χ2v) is 4.94. The highest BCUT2D eigenvalue weighted by Gasteiger charge is 2.18. The first-order chi connectivity index (χ1) is 11.1. The molecule has 0 heterocycles. The average molecular weight is 308 g/mol. The number of nitrogens with two attached hydrogens (primary N) is 1. The maximum absolute atomic E-state index is 12.0. The molecule has 2 rings (SSSR count). The van der Waals surface area contributed by atoms with Crippen molar-refractivity contribution in [3.8, 4) is 6.07 Å². The minimum atomic E-state index is -0.823. The topological polar surface area (TPSA) is 108 Å². The van der Waals surface area contributed by atoms with Crippen molar-refractivity contribution in [2.45, 2.75) is 12.5 Å². The summed E-state index contributed by atoms with van der Waals surface area (Å²) in [7, 11) is 0. The van der Waals surface area contributed by atoms with Gasteiger partial charge in [0.15, 0.2) is 0 Å². The molecule has 0 aliphatic carbocycles. The number of carbonyl (C=O) groups is 2. The third-order valence-corrected chi connectivity index (χ3v) is 3.18. The lowest BCUT2D eigenvalue weighted by molar-refractivity contribution is -0.119. The van der Waals surface area contributed by atoms with Crippen molar-refractivity contribution in [1.29, 1.82) is 5.26 Å².